The molecule has 0 spiro atoms. The molecule has 1 aliphatic heterocycles. The summed E-state index contributed by atoms with van der Waals surface area (Å²) in [5.41, 5.74) is 5.97. The minimum atomic E-state index is -0.164. The Morgan fingerprint density at radius 2 is 2.00 bits per heavy atom. The highest BCUT2D eigenvalue weighted by molar-refractivity contribution is 5.77. The number of nitrogens with zero attached hydrogens (tertiary/aromatic N) is 1. The van der Waals surface area contributed by atoms with Crippen molar-refractivity contribution in [3.63, 3.8) is 0 Å². The summed E-state index contributed by atoms with van der Waals surface area (Å²) >= 11 is 0. The van der Waals surface area contributed by atoms with Crippen LogP contribution in [0.5, 0.6) is 0 Å². The Bertz CT molecular complexity index is 247. The lowest BCUT2D eigenvalue weighted by Crippen LogP contribution is -2.71. The van der Waals surface area contributed by atoms with Crippen LogP contribution in [0.25, 0.3) is 0 Å². The molecule has 0 saturated carbocycles. The van der Waals surface area contributed by atoms with Crippen molar-refractivity contribution in [2.75, 3.05) is 20.2 Å². The molecule has 1 aliphatic rings. The summed E-state index contributed by atoms with van der Waals surface area (Å²) < 4.78 is 5.12. The van der Waals surface area contributed by atoms with Gasteiger partial charge in [0.2, 0.25) is 5.91 Å². The fraction of sp³-hybridized carbons (Fsp3) is 0.917. The third-order valence-corrected chi connectivity index (χ3v) is 3.64. The molecule has 0 aliphatic carbocycles. The van der Waals surface area contributed by atoms with Gasteiger partial charge in [0.1, 0.15) is 0 Å². The van der Waals surface area contributed by atoms with E-state index in [1.54, 1.807) is 7.11 Å². The maximum atomic E-state index is 11.8. The van der Waals surface area contributed by atoms with Crippen molar-refractivity contribution in [3.8, 4) is 0 Å². The van der Waals surface area contributed by atoms with E-state index in [4.69, 9.17) is 10.5 Å². The molecule has 4 nitrogen and oxygen atoms in total. The van der Waals surface area contributed by atoms with Gasteiger partial charge in [0.25, 0.3) is 0 Å². The lowest BCUT2D eigenvalue weighted by molar-refractivity contribution is -0.140. The van der Waals surface area contributed by atoms with E-state index in [9.17, 15) is 4.79 Å². The number of methoxy groups -OCH3 is 1. The largest absolute Gasteiger partial charge is 0.382 e. The van der Waals surface area contributed by atoms with Crippen LogP contribution in [-0.4, -0.2) is 42.6 Å². The molecule has 1 atom stereocenters. The highest BCUT2D eigenvalue weighted by Crippen LogP contribution is 2.26. The van der Waals surface area contributed by atoms with Crippen LogP contribution in [-0.2, 0) is 9.53 Å². The van der Waals surface area contributed by atoms with Gasteiger partial charge in [-0.15, -0.1) is 0 Å². The Hall–Kier alpha value is -0.610. The Balaban J connectivity index is 2.27. The van der Waals surface area contributed by atoms with E-state index in [-0.39, 0.29) is 17.6 Å². The second-order valence-corrected chi connectivity index (χ2v) is 5.22. The van der Waals surface area contributed by atoms with Gasteiger partial charge in [-0.25, -0.2) is 0 Å². The minimum absolute atomic E-state index is 0.151. The number of rotatable bonds is 5. The van der Waals surface area contributed by atoms with E-state index in [1.807, 2.05) is 11.8 Å². The van der Waals surface area contributed by atoms with Gasteiger partial charge >= 0.3 is 0 Å². The number of ether oxygens (including phenoxy) is 1. The predicted octanol–water partition coefficient (Wildman–Crippen LogP) is 0.997. The van der Waals surface area contributed by atoms with Crippen LogP contribution < -0.4 is 5.73 Å². The highest BCUT2D eigenvalue weighted by atomic mass is 16.5. The average molecular weight is 228 g/mol. The summed E-state index contributed by atoms with van der Waals surface area (Å²) in [6.45, 7) is 7.59. The van der Waals surface area contributed by atoms with Crippen LogP contribution in [0.15, 0.2) is 0 Å². The highest BCUT2D eigenvalue weighted by Gasteiger charge is 2.43. The molecule has 0 aromatic heterocycles. The Kier molecular flexibility index (Phi) is 4.33. The molecule has 16 heavy (non-hydrogen) atoms. The van der Waals surface area contributed by atoms with E-state index in [1.165, 1.54) is 0 Å². The molecule has 94 valence electrons. The molecule has 1 rings (SSSR count). The molecule has 2 N–H and O–H groups in total. The van der Waals surface area contributed by atoms with Crippen molar-refractivity contribution < 1.29 is 9.53 Å². The van der Waals surface area contributed by atoms with Crippen LogP contribution in [0.2, 0.25) is 0 Å². The summed E-state index contributed by atoms with van der Waals surface area (Å²) in [7, 11) is 1.67. The number of nitrogens with two attached hydrogens (primary N) is 1. The molecule has 0 radical (unpaired) electrons. The molecule has 4 heteroatoms. The quantitative estimate of drug-likeness (QED) is 0.763. The van der Waals surface area contributed by atoms with Gasteiger partial charge in [-0.1, -0.05) is 13.8 Å². The van der Waals surface area contributed by atoms with E-state index in [2.05, 4.69) is 13.8 Å². The van der Waals surface area contributed by atoms with Crippen LogP contribution >= 0.6 is 0 Å². The lowest BCUT2D eigenvalue weighted by atomic mass is 9.80. The Labute approximate surface area is 98.1 Å². The number of hydrogen-bond donors (Lipinski definition) is 1. The summed E-state index contributed by atoms with van der Waals surface area (Å²) in [5.74, 6) is 0.625. The van der Waals surface area contributed by atoms with E-state index in [0.717, 1.165) is 6.42 Å². The maximum absolute atomic E-state index is 11.8. The summed E-state index contributed by atoms with van der Waals surface area (Å²) in [6, 6.07) is 0. The van der Waals surface area contributed by atoms with Crippen LogP contribution in [0, 0.1) is 5.92 Å². The standard InChI is InChI=1S/C12H24N2O2/c1-9(2)12(13)7-14(8-12)11(15)6-5-10(3)16-4/h9-10H,5-8,13H2,1-4H3. The monoisotopic (exact) mass is 228 g/mol. The van der Waals surface area contributed by atoms with Gasteiger partial charge in [0, 0.05) is 26.6 Å². The summed E-state index contributed by atoms with van der Waals surface area (Å²) in [5, 5.41) is 0. The third kappa shape index (κ3) is 2.95. The molecule has 1 amide bonds. The van der Waals surface area contributed by atoms with Crippen molar-refractivity contribution >= 4 is 5.91 Å². The molecular weight excluding hydrogens is 204 g/mol. The lowest BCUT2D eigenvalue weighted by Gasteiger charge is -2.50. The number of carbonyl (C=O) groups excluding carboxylic acids is 1. The molecule has 1 heterocycles. The van der Waals surface area contributed by atoms with Crippen molar-refractivity contribution in [3.05, 3.63) is 0 Å². The van der Waals surface area contributed by atoms with Crippen LogP contribution in [0.4, 0.5) is 0 Å². The maximum Gasteiger partial charge on any atom is 0.222 e. The third-order valence-electron chi connectivity index (χ3n) is 3.64. The summed E-state index contributed by atoms with van der Waals surface area (Å²) in [4.78, 5) is 13.6. The number of amides is 1. The first-order chi connectivity index (χ1) is 7.39. The topological polar surface area (TPSA) is 55.6 Å². The average Bonchev–Trinajstić information content (AvgIpc) is 2.20. The minimum Gasteiger partial charge on any atom is -0.382 e. The Morgan fingerprint density at radius 1 is 1.44 bits per heavy atom. The fourth-order valence-electron chi connectivity index (χ4n) is 1.81. The smallest absolute Gasteiger partial charge is 0.222 e. The predicted molar refractivity (Wildman–Crippen MR) is 64.0 cm³/mol. The number of likely N-dealkylation sites (tertiary alicyclic amines) is 1. The van der Waals surface area contributed by atoms with Gasteiger partial charge in [0.05, 0.1) is 11.6 Å². The van der Waals surface area contributed by atoms with Gasteiger partial charge in [-0.2, -0.15) is 0 Å². The van der Waals surface area contributed by atoms with Crippen LogP contribution in [0.1, 0.15) is 33.6 Å². The van der Waals surface area contributed by atoms with E-state index in [0.29, 0.717) is 25.4 Å². The first kappa shape index (κ1) is 13.5. The van der Waals surface area contributed by atoms with Gasteiger partial charge in [0.15, 0.2) is 0 Å². The van der Waals surface area contributed by atoms with Gasteiger partial charge in [-0.05, 0) is 19.3 Å². The molecule has 1 fully saturated rings. The molecule has 0 aromatic rings. The molecule has 1 unspecified atom stereocenters. The summed E-state index contributed by atoms with van der Waals surface area (Å²) in [6.07, 6.45) is 1.49. The van der Waals surface area contributed by atoms with Crippen molar-refractivity contribution in [2.45, 2.75) is 45.3 Å². The van der Waals surface area contributed by atoms with Crippen molar-refractivity contribution in [2.24, 2.45) is 11.7 Å². The zero-order valence-corrected chi connectivity index (χ0v) is 10.8. The number of carbonyl (C=O) groups is 1. The fourth-order valence-corrected chi connectivity index (χ4v) is 1.81. The Morgan fingerprint density at radius 3 is 2.44 bits per heavy atom. The molecule has 1 saturated heterocycles. The van der Waals surface area contributed by atoms with Gasteiger partial charge in [-0.3, -0.25) is 4.79 Å². The van der Waals surface area contributed by atoms with Gasteiger partial charge < -0.3 is 15.4 Å². The van der Waals surface area contributed by atoms with E-state index >= 15 is 0 Å². The second kappa shape index (κ2) is 5.15. The SMILES string of the molecule is COC(C)CCC(=O)N1CC(N)(C(C)C)C1. The molecule has 0 bridgehead atoms. The zero-order chi connectivity index (χ0) is 12.3. The normalized spacial score (nSPS) is 20.8. The molecule has 0 aromatic carbocycles. The first-order valence-electron chi connectivity index (χ1n) is 5.98. The number of hydrogen-bond acceptors (Lipinski definition) is 3. The second-order valence-electron chi connectivity index (χ2n) is 5.22. The van der Waals surface area contributed by atoms with E-state index < -0.39 is 0 Å². The van der Waals surface area contributed by atoms with Crippen molar-refractivity contribution in [1.29, 1.82) is 0 Å². The van der Waals surface area contributed by atoms with Crippen molar-refractivity contribution in [1.82, 2.24) is 4.90 Å². The zero-order valence-electron chi connectivity index (χ0n) is 10.8. The molecular formula is C12H24N2O2. The van der Waals surface area contributed by atoms with Crippen LogP contribution in [0.3, 0.4) is 0 Å². The first-order valence-corrected chi connectivity index (χ1v) is 5.98.